The van der Waals surface area contributed by atoms with E-state index in [-0.39, 0.29) is 11.8 Å². The molecule has 2 aromatic carbocycles. The first-order chi connectivity index (χ1) is 15.5. The van der Waals surface area contributed by atoms with Crippen LogP contribution in [0.1, 0.15) is 43.4 Å². The number of imide groups is 1. The molecule has 6 heteroatoms. The van der Waals surface area contributed by atoms with Gasteiger partial charge in [0.2, 0.25) is 0 Å². The molecule has 0 aromatic heterocycles. The minimum atomic E-state index is -0.314. The van der Waals surface area contributed by atoms with Gasteiger partial charge in [-0.2, -0.15) is 0 Å². The number of amides is 2. The smallest absolute Gasteiger partial charge is 0.278 e. The third-order valence-electron chi connectivity index (χ3n) is 5.43. The van der Waals surface area contributed by atoms with Crippen LogP contribution in [-0.2, 0) is 14.3 Å². The van der Waals surface area contributed by atoms with Crippen molar-refractivity contribution in [2.75, 3.05) is 31.7 Å². The first-order valence-corrected chi connectivity index (χ1v) is 11.2. The van der Waals surface area contributed by atoms with Crippen LogP contribution in [0, 0.1) is 13.8 Å². The van der Waals surface area contributed by atoms with E-state index in [9.17, 15) is 9.59 Å². The zero-order valence-electron chi connectivity index (χ0n) is 19.4. The van der Waals surface area contributed by atoms with Gasteiger partial charge in [-0.15, -0.1) is 0 Å². The van der Waals surface area contributed by atoms with E-state index >= 15 is 0 Å². The molecule has 1 heterocycles. The number of hydrogen-bond donors (Lipinski definition) is 1. The minimum Gasteiger partial charge on any atom is -0.494 e. The molecule has 0 bridgehead atoms. The highest BCUT2D eigenvalue weighted by atomic mass is 16.5. The standard InChI is InChI=1S/C26H32N2O4/c1-5-15-32-22-12-9-20(10-13-22)23-24(27-21-11-8-18(3)19(4)17-21)26(30)28(25(23)29)14-7-16-31-6-2/h8-13,17,27H,5-7,14-16H2,1-4H3. The topological polar surface area (TPSA) is 67.9 Å². The fourth-order valence-electron chi connectivity index (χ4n) is 3.53. The summed E-state index contributed by atoms with van der Waals surface area (Å²) in [5, 5.41) is 3.22. The van der Waals surface area contributed by atoms with Gasteiger partial charge in [-0.05, 0) is 74.6 Å². The minimum absolute atomic E-state index is 0.292. The van der Waals surface area contributed by atoms with E-state index in [1.807, 2.05) is 70.2 Å². The molecule has 0 spiro atoms. The van der Waals surface area contributed by atoms with Gasteiger partial charge in [0.1, 0.15) is 11.4 Å². The van der Waals surface area contributed by atoms with Crippen LogP contribution in [0.2, 0.25) is 0 Å². The number of nitrogens with zero attached hydrogens (tertiary/aromatic N) is 1. The number of ether oxygens (including phenoxy) is 2. The molecule has 2 aromatic rings. The Morgan fingerprint density at radius 2 is 1.66 bits per heavy atom. The van der Waals surface area contributed by atoms with Gasteiger partial charge in [-0.3, -0.25) is 14.5 Å². The lowest BCUT2D eigenvalue weighted by atomic mass is 10.0. The Hall–Kier alpha value is -3.12. The van der Waals surface area contributed by atoms with Crippen molar-refractivity contribution < 1.29 is 19.1 Å². The maximum Gasteiger partial charge on any atom is 0.278 e. The lowest BCUT2D eigenvalue weighted by molar-refractivity contribution is -0.137. The van der Waals surface area contributed by atoms with Crippen molar-refractivity contribution in [2.24, 2.45) is 0 Å². The summed E-state index contributed by atoms with van der Waals surface area (Å²) in [5.41, 5.74) is 4.42. The van der Waals surface area contributed by atoms with Gasteiger partial charge in [0.25, 0.3) is 11.8 Å². The summed E-state index contributed by atoms with van der Waals surface area (Å²) in [5.74, 6) is 0.135. The van der Waals surface area contributed by atoms with Gasteiger partial charge >= 0.3 is 0 Å². The molecule has 0 saturated carbocycles. The Morgan fingerprint density at radius 3 is 2.31 bits per heavy atom. The normalized spacial score (nSPS) is 13.8. The second-order valence-corrected chi connectivity index (χ2v) is 7.86. The second kappa shape index (κ2) is 11.0. The fraction of sp³-hybridized carbons (Fsp3) is 0.385. The SMILES string of the molecule is CCCOc1ccc(C2=C(Nc3ccc(C)c(C)c3)C(=O)N(CCCOCC)C2=O)cc1. The highest BCUT2D eigenvalue weighted by molar-refractivity contribution is 6.36. The molecule has 0 aliphatic carbocycles. The summed E-state index contributed by atoms with van der Waals surface area (Å²) in [6, 6.07) is 13.2. The monoisotopic (exact) mass is 436 g/mol. The molecule has 0 radical (unpaired) electrons. The third kappa shape index (κ3) is 5.37. The van der Waals surface area contributed by atoms with Crippen LogP contribution in [0.3, 0.4) is 0 Å². The van der Waals surface area contributed by atoms with Crippen LogP contribution >= 0.6 is 0 Å². The van der Waals surface area contributed by atoms with E-state index < -0.39 is 0 Å². The number of nitrogens with one attached hydrogen (secondary N) is 1. The maximum absolute atomic E-state index is 13.3. The van der Waals surface area contributed by atoms with Crippen LogP contribution in [0.25, 0.3) is 5.57 Å². The van der Waals surface area contributed by atoms with Crippen molar-refractivity contribution in [3.8, 4) is 5.75 Å². The summed E-state index contributed by atoms with van der Waals surface area (Å²) in [4.78, 5) is 27.8. The molecule has 0 atom stereocenters. The molecular formula is C26H32N2O4. The third-order valence-corrected chi connectivity index (χ3v) is 5.43. The highest BCUT2D eigenvalue weighted by Crippen LogP contribution is 2.32. The molecule has 3 rings (SSSR count). The van der Waals surface area contributed by atoms with Crippen LogP contribution in [-0.4, -0.2) is 43.1 Å². The van der Waals surface area contributed by atoms with E-state index in [1.165, 1.54) is 10.5 Å². The zero-order chi connectivity index (χ0) is 23.1. The largest absolute Gasteiger partial charge is 0.494 e. The van der Waals surface area contributed by atoms with Crippen molar-refractivity contribution in [2.45, 2.75) is 40.5 Å². The average molecular weight is 437 g/mol. The second-order valence-electron chi connectivity index (χ2n) is 7.86. The molecule has 32 heavy (non-hydrogen) atoms. The first-order valence-electron chi connectivity index (χ1n) is 11.2. The first kappa shape index (κ1) is 23.5. The van der Waals surface area contributed by atoms with Crippen molar-refractivity contribution in [3.63, 3.8) is 0 Å². The predicted octanol–water partition coefficient (Wildman–Crippen LogP) is 4.71. The van der Waals surface area contributed by atoms with Crippen molar-refractivity contribution in [3.05, 3.63) is 64.9 Å². The van der Waals surface area contributed by atoms with E-state index in [4.69, 9.17) is 9.47 Å². The van der Waals surface area contributed by atoms with Gasteiger partial charge in [-0.1, -0.05) is 25.1 Å². The number of anilines is 1. The Balaban J connectivity index is 1.92. The van der Waals surface area contributed by atoms with Crippen molar-refractivity contribution in [1.29, 1.82) is 0 Å². The van der Waals surface area contributed by atoms with Gasteiger partial charge in [-0.25, -0.2) is 0 Å². The highest BCUT2D eigenvalue weighted by Gasteiger charge is 2.38. The Morgan fingerprint density at radius 1 is 0.906 bits per heavy atom. The number of rotatable bonds is 11. The van der Waals surface area contributed by atoms with Crippen LogP contribution in [0.5, 0.6) is 5.75 Å². The lowest BCUT2D eigenvalue weighted by Gasteiger charge is -2.15. The maximum atomic E-state index is 13.3. The van der Waals surface area contributed by atoms with Gasteiger partial charge in [0.15, 0.2) is 0 Å². The summed E-state index contributed by atoms with van der Waals surface area (Å²) in [6.45, 7) is 10.1. The van der Waals surface area contributed by atoms with Gasteiger partial charge in [0, 0.05) is 25.4 Å². The van der Waals surface area contributed by atoms with Crippen LogP contribution in [0.4, 0.5) is 5.69 Å². The zero-order valence-corrected chi connectivity index (χ0v) is 19.4. The summed E-state index contributed by atoms with van der Waals surface area (Å²) < 4.78 is 11.0. The van der Waals surface area contributed by atoms with Crippen LogP contribution < -0.4 is 10.1 Å². The van der Waals surface area contributed by atoms with Crippen molar-refractivity contribution >= 4 is 23.1 Å². The number of benzene rings is 2. The van der Waals surface area contributed by atoms with Gasteiger partial charge in [0.05, 0.1) is 12.2 Å². The van der Waals surface area contributed by atoms with E-state index in [0.717, 1.165) is 23.4 Å². The van der Waals surface area contributed by atoms with Gasteiger partial charge < -0.3 is 14.8 Å². The number of carbonyl (C=O) groups is 2. The Kier molecular flexibility index (Phi) is 8.06. The number of carbonyl (C=O) groups excluding carboxylic acids is 2. The number of hydrogen-bond acceptors (Lipinski definition) is 5. The number of aryl methyl sites for hydroxylation is 2. The molecule has 0 saturated heterocycles. The van der Waals surface area contributed by atoms with Crippen LogP contribution in [0.15, 0.2) is 48.2 Å². The molecule has 6 nitrogen and oxygen atoms in total. The van der Waals surface area contributed by atoms with E-state index in [1.54, 1.807) is 0 Å². The summed E-state index contributed by atoms with van der Waals surface area (Å²) in [6.07, 6.45) is 1.51. The quantitative estimate of drug-likeness (QED) is 0.408. The molecule has 1 N–H and O–H groups in total. The Bertz CT molecular complexity index is 995. The van der Waals surface area contributed by atoms with E-state index in [0.29, 0.717) is 49.6 Å². The van der Waals surface area contributed by atoms with Crippen molar-refractivity contribution in [1.82, 2.24) is 4.90 Å². The average Bonchev–Trinajstić information content (AvgIpc) is 3.02. The fourth-order valence-corrected chi connectivity index (χ4v) is 3.53. The molecule has 170 valence electrons. The summed E-state index contributed by atoms with van der Waals surface area (Å²) >= 11 is 0. The Labute approximate surface area is 190 Å². The molecule has 2 amide bonds. The van der Waals surface area contributed by atoms with E-state index in [2.05, 4.69) is 5.32 Å². The predicted molar refractivity (Wildman–Crippen MR) is 127 cm³/mol. The lowest BCUT2D eigenvalue weighted by Crippen LogP contribution is -2.34. The summed E-state index contributed by atoms with van der Waals surface area (Å²) in [7, 11) is 0. The molecule has 0 unspecified atom stereocenters. The molecular weight excluding hydrogens is 404 g/mol. The molecule has 1 aliphatic rings. The molecule has 1 aliphatic heterocycles. The molecule has 0 fully saturated rings.